The van der Waals surface area contributed by atoms with Gasteiger partial charge in [-0.25, -0.2) is 0 Å². The van der Waals surface area contributed by atoms with E-state index >= 15 is 0 Å². The lowest BCUT2D eigenvalue weighted by atomic mass is 9.94. The highest BCUT2D eigenvalue weighted by atomic mass is 32.1. The first-order valence-corrected chi connectivity index (χ1v) is 5.67. The van der Waals surface area contributed by atoms with Crippen molar-refractivity contribution >= 4 is 22.7 Å². The Labute approximate surface area is 89.5 Å². The lowest BCUT2D eigenvalue weighted by molar-refractivity contribution is -0.113. The fourth-order valence-electron chi connectivity index (χ4n) is 1.73. The van der Waals surface area contributed by atoms with E-state index in [1.807, 2.05) is 18.4 Å². The number of carbonyl (C=O) groups excluding carboxylic acids is 1. The zero-order valence-corrected chi connectivity index (χ0v) is 9.94. The molecule has 0 saturated heterocycles. The van der Waals surface area contributed by atoms with Gasteiger partial charge in [0.05, 0.1) is 0 Å². The molecule has 1 aromatic rings. The Hall–Kier alpha value is -0.890. The molecule has 0 aliphatic rings. The van der Waals surface area contributed by atoms with Gasteiger partial charge in [0.15, 0.2) is 5.78 Å². The number of hydrogen-bond donors (Lipinski definition) is 0. The fraction of sp³-hybridized carbons (Fsp3) is 0.417. The lowest BCUT2D eigenvalue weighted by Crippen LogP contribution is -2.06. The van der Waals surface area contributed by atoms with Gasteiger partial charge in [0, 0.05) is 10.5 Å². The molecule has 0 fully saturated rings. The van der Waals surface area contributed by atoms with Crippen LogP contribution in [0.25, 0.3) is 5.57 Å². The summed E-state index contributed by atoms with van der Waals surface area (Å²) in [7, 11) is 0. The number of ketones is 1. The van der Waals surface area contributed by atoms with Crippen molar-refractivity contribution in [3.63, 3.8) is 0 Å². The van der Waals surface area contributed by atoms with E-state index in [0.717, 1.165) is 11.1 Å². The van der Waals surface area contributed by atoms with Gasteiger partial charge in [-0.3, -0.25) is 4.79 Å². The molecule has 0 amide bonds. The second kappa shape index (κ2) is 4.56. The summed E-state index contributed by atoms with van der Waals surface area (Å²) in [5.41, 5.74) is 2.08. The third kappa shape index (κ3) is 2.32. The summed E-state index contributed by atoms with van der Waals surface area (Å²) < 4.78 is 0. The highest BCUT2D eigenvalue weighted by Crippen LogP contribution is 2.27. The molecule has 1 heterocycles. The van der Waals surface area contributed by atoms with Gasteiger partial charge in [-0.15, -0.1) is 11.3 Å². The van der Waals surface area contributed by atoms with Crippen molar-refractivity contribution in [1.29, 1.82) is 0 Å². The monoisotopic (exact) mass is 208 g/mol. The minimum atomic E-state index is 0.186. The summed E-state index contributed by atoms with van der Waals surface area (Å²) >= 11 is 1.68. The molecule has 1 nitrogen and oxygen atoms in total. The second-order valence-electron chi connectivity index (χ2n) is 3.73. The SMILES string of the molecule is CC(=O)C(=C(C)c1cccs1)C(C)C. The molecule has 0 aliphatic heterocycles. The maximum Gasteiger partial charge on any atom is 0.156 e. The predicted molar refractivity (Wildman–Crippen MR) is 62.4 cm³/mol. The van der Waals surface area contributed by atoms with E-state index in [1.165, 1.54) is 4.88 Å². The number of carbonyl (C=O) groups is 1. The summed E-state index contributed by atoms with van der Waals surface area (Å²) in [6.45, 7) is 7.80. The van der Waals surface area contributed by atoms with Crippen molar-refractivity contribution < 1.29 is 4.79 Å². The highest BCUT2D eigenvalue weighted by Gasteiger charge is 2.13. The highest BCUT2D eigenvalue weighted by molar-refractivity contribution is 7.11. The van der Waals surface area contributed by atoms with Gasteiger partial charge in [-0.2, -0.15) is 0 Å². The van der Waals surface area contributed by atoms with Crippen molar-refractivity contribution in [1.82, 2.24) is 0 Å². The van der Waals surface area contributed by atoms with Crippen LogP contribution in [0, 0.1) is 5.92 Å². The Balaban J connectivity index is 3.18. The van der Waals surface area contributed by atoms with E-state index in [-0.39, 0.29) is 5.78 Å². The molecule has 0 atom stereocenters. The average Bonchev–Trinajstić information content (AvgIpc) is 2.53. The Bertz CT molecular complexity index is 344. The topological polar surface area (TPSA) is 17.1 Å². The number of Topliss-reactive ketones (excluding diaryl/α,β-unsaturated/α-hetero) is 1. The Kier molecular flexibility index (Phi) is 3.64. The molecule has 0 saturated carbocycles. The second-order valence-corrected chi connectivity index (χ2v) is 4.67. The predicted octanol–water partition coefficient (Wildman–Crippen LogP) is 3.77. The van der Waals surface area contributed by atoms with Crippen molar-refractivity contribution in [2.45, 2.75) is 27.7 Å². The van der Waals surface area contributed by atoms with E-state index in [1.54, 1.807) is 18.3 Å². The van der Waals surface area contributed by atoms with Gasteiger partial charge in [0.2, 0.25) is 0 Å². The minimum Gasteiger partial charge on any atom is -0.295 e. The van der Waals surface area contributed by atoms with Crippen LogP contribution < -0.4 is 0 Å². The maximum absolute atomic E-state index is 11.5. The smallest absolute Gasteiger partial charge is 0.156 e. The molecule has 0 bridgehead atoms. The summed E-state index contributed by atoms with van der Waals surface area (Å²) in [6.07, 6.45) is 0. The number of allylic oxidation sites excluding steroid dienone is 2. The fourth-order valence-corrected chi connectivity index (χ4v) is 2.48. The van der Waals surface area contributed by atoms with Gasteiger partial charge >= 0.3 is 0 Å². The summed E-state index contributed by atoms with van der Waals surface area (Å²) in [5, 5.41) is 2.04. The van der Waals surface area contributed by atoms with Crippen LogP contribution >= 0.6 is 11.3 Å². The van der Waals surface area contributed by atoms with Gasteiger partial charge in [0.25, 0.3) is 0 Å². The first kappa shape index (κ1) is 11.2. The van der Waals surface area contributed by atoms with Crippen molar-refractivity contribution in [3.05, 3.63) is 28.0 Å². The molecular weight excluding hydrogens is 192 g/mol. The third-order valence-electron chi connectivity index (χ3n) is 2.25. The van der Waals surface area contributed by atoms with Crippen LogP contribution in [0.1, 0.15) is 32.6 Å². The summed E-state index contributed by atoms with van der Waals surface area (Å²) in [4.78, 5) is 12.7. The molecule has 0 unspecified atom stereocenters. The molecule has 0 N–H and O–H groups in total. The number of thiophene rings is 1. The van der Waals surface area contributed by atoms with Gasteiger partial charge < -0.3 is 0 Å². The summed E-state index contributed by atoms with van der Waals surface area (Å²) in [5.74, 6) is 0.487. The molecule has 2 heteroatoms. The van der Waals surface area contributed by atoms with Crippen LogP contribution in [0.15, 0.2) is 23.1 Å². The quantitative estimate of drug-likeness (QED) is 0.691. The third-order valence-corrected chi connectivity index (χ3v) is 3.24. The Morgan fingerprint density at radius 1 is 1.36 bits per heavy atom. The molecule has 0 radical (unpaired) electrons. The first-order chi connectivity index (χ1) is 6.54. The van der Waals surface area contributed by atoms with Crippen molar-refractivity contribution in [2.75, 3.05) is 0 Å². The Morgan fingerprint density at radius 2 is 2.00 bits per heavy atom. The van der Waals surface area contributed by atoms with E-state index in [2.05, 4.69) is 19.9 Å². The van der Waals surface area contributed by atoms with E-state index in [0.29, 0.717) is 5.92 Å². The number of hydrogen-bond acceptors (Lipinski definition) is 2. The van der Waals surface area contributed by atoms with Crippen LogP contribution in [-0.2, 0) is 4.79 Å². The zero-order valence-electron chi connectivity index (χ0n) is 9.13. The minimum absolute atomic E-state index is 0.186. The molecule has 76 valence electrons. The Morgan fingerprint density at radius 3 is 2.36 bits per heavy atom. The van der Waals surface area contributed by atoms with Crippen LogP contribution in [0.4, 0.5) is 0 Å². The molecule has 0 aromatic carbocycles. The van der Waals surface area contributed by atoms with E-state index in [9.17, 15) is 4.79 Å². The molecular formula is C12H16OS. The lowest BCUT2D eigenvalue weighted by Gasteiger charge is -2.11. The standard InChI is InChI=1S/C12H16OS/c1-8(2)12(10(4)13)9(3)11-6-5-7-14-11/h5-8H,1-4H3. The van der Waals surface area contributed by atoms with Crippen molar-refractivity contribution in [2.24, 2.45) is 5.92 Å². The van der Waals surface area contributed by atoms with Gasteiger partial charge in [-0.05, 0) is 36.8 Å². The van der Waals surface area contributed by atoms with Crippen LogP contribution in [0.3, 0.4) is 0 Å². The van der Waals surface area contributed by atoms with Crippen molar-refractivity contribution in [3.8, 4) is 0 Å². The molecule has 1 rings (SSSR count). The molecule has 0 spiro atoms. The normalized spacial score (nSPS) is 12.9. The largest absolute Gasteiger partial charge is 0.295 e. The van der Waals surface area contributed by atoms with E-state index < -0.39 is 0 Å². The molecule has 1 aromatic heterocycles. The first-order valence-electron chi connectivity index (χ1n) is 4.79. The van der Waals surface area contributed by atoms with E-state index in [4.69, 9.17) is 0 Å². The maximum atomic E-state index is 11.5. The van der Waals surface area contributed by atoms with Crippen LogP contribution in [-0.4, -0.2) is 5.78 Å². The average molecular weight is 208 g/mol. The van der Waals surface area contributed by atoms with Gasteiger partial charge in [0.1, 0.15) is 0 Å². The zero-order chi connectivity index (χ0) is 10.7. The molecule has 14 heavy (non-hydrogen) atoms. The molecule has 0 aliphatic carbocycles. The van der Waals surface area contributed by atoms with Crippen LogP contribution in [0.5, 0.6) is 0 Å². The van der Waals surface area contributed by atoms with Crippen LogP contribution in [0.2, 0.25) is 0 Å². The number of rotatable bonds is 3. The summed E-state index contributed by atoms with van der Waals surface area (Å²) in [6, 6.07) is 4.08. The van der Waals surface area contributed by atoms with Gasteiger partial charge in [-0.1, -0.05) is 19.9 Å².